The first kappa shape index (κ1) is 9.98. The molecule has 1 rings (SSSR count). The number of likely N-dealkylation sites (tertiary alicyclic amines) is 1. The van der Waals surface area contributed by atoms with Gasteiger partial charge in [0.1, 0.15) is 6.04 Å². The van der Waals surface area contributed by atoms with Crippen LogP contribution in [-0.4, -0.2) is 35.3 Å². The Kier molecular flexibility index (Phi) is 2.87. The lowest BCUT2D eigenvalue weighted by molar-refractivity contribution is -0.138. The predicted molar refractivity (Wildman–Crippen MR) is 47.6 cm³/mol. The molecule has 2 amide bonds. The fourth-order valence-electron chi connectivity index (χ4n) is 1.59. The van der Waals surface area contributed by atoms with Crippen LogP contribution in [0, 0.1) is 0 Å². The van der Waals surface area contributed by atoms with Gasteiger partial charge < -0.3 is 16.4 Å². The van der Waals surface area contributed by atoms with Gasteiger partial charge in [-0.3, -0.25) is 9.59 Å². The summed E-state index contributed by atoms with van der Waals surface area (Å²) in [5.74, 6) is -0.632. The molecule has 0 aliphatic carbocycles. The number of hydrogen-bond donors (Lipinski definition) is 2. The summed E-state index contributed by atoms with van der Waals surface area (Å²) in [6.45, 7) is 2.20. The van der Waals surface area contributed by atoms with Gasteiger partial charge in [-0.2, -0.15) is 0 Å². The third-order valence-corrected chi connectivity index (χ3v) is 2.25. The SMILES string of the molecule is C[C@@H](N)C(=O)N1CCC[C@@H]1C(N)=O. The zero-order chi connectivity index (χ0) is 10.0. The number of hydrogen-bond acceptors (Lipinski definition) is 3. The van der Waals surface area contributed by atoms with E-state index in [4.69, 9.17) is 11.5 Å². The Morgan fingerprint density at radius 3 is 2.62 bits per heavy atom. The van der Waals surface area contributed by atoms with Crippen molar-refractivity contribution in [1.82, 2.24) is 4.90 Å². The van der Waals surface area contributed by atoms with Gasteiger partial charge in [-0.1, -0.05) is 0 Å². The molecule has 1 aliphatic heterocycles. The van der Waals surface area contributed by atoms with E-state index in [0.29, 0.717) is 13.0 Å². The first-order chi connectivity index (χ1) is 6.04. The molecule has 5 nitrogen and oxygen atoms in total. The van der Waals surface area contributed by atoms with Gasteiger partial charge in [-0.05, 0) is 19.8 Å². The number of carbonyl (C=O) groups is 2. The van der Waals surface area contributed by atoms with Gasteiger partial charge in [0.15, 0.2) is 0 Å². The Labute approximate surface area is 77.1 Å². The van der Waals surface area contributed by atoms with Crippen LogP contribution in [0.1, 0.15) is 19.8 Å². The van der Waals surface area contributed by atoms with Gasteiger partial charge in [-0.25, -0.2) is 0 Å². The average Bonchev–Trinajstić information content (AvgIpc) is 2.50. The summed E-state index contributed by atoms with van der Waals surface area (Å²) in [7, 11) is 0. The first-order valence-corrected chi connectivity index (χ1v) is 4.39. The number of amides is 2. The number of nitrogens with two attached hydrogens (primary N) is 2. The second-order valence-corrected chi connectivity index (χ2v) is 3.38. The van der Waals surface area contributed by atoms with E-state index in [-0.39, 0.29) is 5.91 Å². The van der Waals surface area contributed by atoms with Gasteiger partial charge >= 0.3 is 0 Å². The standard InChI is InChI=1S/C8H15N3O2/c1-5(9)8(13)11-4-2-3-6(11)7(10)12/h5-6H,2-4,9H2,1H3,(H2,10,12)/t5-,6-/m1/s1. The quantitative estimate of drug-likeness (QED) is 0.567. The Morgan fingerprint density at radius 2 is 2.15 bits per heavy atom. The highest BCUT2D eigenvalue weighted by atomic mass is 16.2. The van der Waals surface area contributed by atoms with Crippen molar-refractivity contribution >= 4 is 11.8 Å². The topological polar surface area (TPSA) is 89.4 Å². The molecule has 1 heterocycles. The van der Waals surface area contributed by atoms with Crippen molar-refractivity contribution in [3.8, 4) is 0 Å². The van der Waals surface area contributed by atoms with E-state index in [9.17, 15) is 9.59 Å². The summed E-state index contributed by atoms with van der Waals surface area (Å²) in [4.78, 5) is 23.9. The summed E-state index contributed by atoms with van der Waals surface area (Å²) in [5, 5.41) is 0. The highest BCUT2D eigenvalue weighted by Gasteiger charge is 2.33. The van der Waals surface area contributed by atoms with Crippen LogP contribution in [0.25, 0.3) is 0 Å². The lowest BCUT2D eigenvalue weighted by atomic mass is 10.2. The third-order valence-electron chi connectivity index (χ3n) is 2.25. The van der Waals surface area contributed by atoms with Crippen molar-refractivity contribution in [2.45, 2.75) is 31.8 Å². The summed E-state index contributed by atoms with van der Waals surface area (Å²) in [6.07, 6.45) is 1.49. The lowest BCUT2D eigenvalue weighted by Crippen LogP contribution is -2.49. The smallest absolute Gasteiger partial charge is 0.240 e. The molecule has 0 aromatic heterocycles. The second kappa shape index (κ2) is 3.74. The van der Waals surface area contributed by atoms with E-state index < -0.39 is 18.0 Å². The number of primary amides is 1. The molecule has 0 saturated carbocycles. The molecule has 5 heteroatoms. The second-order valence-electron chi connectivity index (χ2n) is 3.38. The molecule has 0 unspecified atom stereocenters. The molecule has 0 bridgehead atoms. The Hall–Kier alpha value is -1.10. The maximum atomic E-state index is 11.5. The van der Waals surface area contributed by atoms with Crippen molar-refractivity contribution in [2.75, 3.05) is 6.54 Å². The van der Waals surface area contributed by atoms with Crippen molar-refractivity contribution in [2.24, 2.45) is 11.5 Å². The largest absolute Gasteiger partial charge is 0.368 e. The third kappa shape index (κ3) is 1.98. The van der Waals surface area contributed by atoms with Crippen molar-refractivity contribution < 1.29 is 9.59 Å². The van der Waals surface area contributed by atoms with Gasteiger partial charge in [0.2, 0.25) is 11.8 Å². The van der Waals surface area contributed by atoms with Crippen molar-refractivity contribution in [1.29, 1.82) is 0 Å². The molecule has 0 aromatic rings. The molecule has 2 atom stereocenters. The molecule has 1 saturated heterocycles. The van der Waals surface area contributed by atoms with Crippen molar-refractivity contribution in [3.05, 3.63) is 0 Å². The van der Waals surface area contributed by atoms with Crippen LogP contribution in [-0.2, 0) is 9.59 Å². The molecule has 0 spiro atoms. The minimum atomic E-state index is -0.556. The fourth-order valence-corrected chi connectivity index (χ4v) is 1.59. The predicted octanol–water partition coefficient (Wildman–Crippen LogP) is -1.19. The van der Waals surface area contributed by atoms with Gasteiger partial charge in [0.05, 0.1) is 6.04 Å². The van der Waals surface area contributed by atoms with Crippen LogP contribution in [0.4, 0.5) is 0 Å². The van der Waals surface area contributed by atoms with E-state index in [2.05, 4.69) is 0 Å². The van der Waals surface area contributed by atoms with E-state index >= 15 is 0 Å². The van der Waals surface area contributed by atoms with Crippen LogP contribution in [0.3, 0.4) is 0 Å². The molecular formula is C8H15N3O2. The zero-order valence-electron chi connectivity index (χ0n) is 7.69. The van der Waals surface area contributed by atoms with E-state index in [1.165, 1.54) is 4.90 Å². The number of carbonyl (C=O) groups excluding carboxylic acids is 2. The molecule has 4 N–H and O–H groups in total. The van der Waals surface area contributed by atoms with Crippen LogP contribution in [0.2, 0.25) is 0 Å². The van der Waals surface area contributed by atoms with Crippen LogP contribution in [0.15, 0.2) is 0 Å². The van der Waals surface area contributed by atoms with Gasteiger partial charge in [0.25, 0.3) is 0 Å². The first-order valence-electron chi connectivity index (χ1n) is 4.39. The minimum absolute atomic E-state index is 0.193. The maximum Gasteiger partial charge on any atom is 0.240 e. The van der Waals surface area contributed by atoms with E-state index in [0.717, 1.165) is 6.42 Å². The highest BCUT2D eigenvalue weighted by molar-refractivity contribution is 5.89. The zero-order valence-corrected chi connectivity index (χ0v) is 7.69. The van der Waals surface area contributed by atoms with Crippen molar-refractivity contribution in [3.63, 3.8) is 0 Å². The van der Waals surface area contributed by atoms with Crippen LogP contribution < -0.4 is 11.5 Å². The summed E-state index contributed by atoms with van der Waals surface area (Å²) < 4.78 is 0. The van der Waals surface area contributed by atoms with E-state index in [1.807, 2.05) is 0 Å². The molecule has 0 radical (unpaired) electrons. The summed E-state index contributed by atoms with van der Waals surface area (Å²) in [6, 6.07) is -1.00. The van der Waals surface area contributed by atoms with Gasteiger partial charge in [0, 0.05) is 6.54 Å². The molecule has 0 aromatic carbocycles. The van der Waals surface area contributed by atoms with Crippen LogP contribution in [0.5, 0.6) is 0 Å². The van der Waals surface area contributed by atoms with Crippen LogP contribution >= 0.6 is 0 Å². The average molecular weight is 185 g/mol. The minimum Gasteiger partial charge on any atom is -0.368 e. The fraction of sp³-hybridized carbons (Fsp3) is 0.750. The molecule has 1 aliphatic rings. The molecular weight excluding hydrogens is 170 g/mol. The number of nitrogens with zero attached hydrogens (tertiary/aromatic N) is 1. The molecule has 13 heavy (non-hydrogen) atoms. The summed E-state index contributed by atoms with van der Waals surface area (Å²) in [5.41, 5.74) is 10.6. The summed E-state index contributed by atoms with van der Waals surface area (Å²) >= 11 is 0. The highest BCUT2D eigenvalue weighted by Crippen LogP contribution is 2.17. The molecule has 1 fully saturated rings. The lowest BCUT2D eigenvalue weighted by Gasteiger charge is -2.23. The Balaban J connectivity index is 2.68. The van der Waals surface area contributed by atoms with Gasteiger partial charge in [-0.15, -0.1) is 0 Å². The Morgan fingerprint density at radius 1 is 1.54 bits per heavy atom. The normalized spacial score (nSPS) is 24.5. The number of rotatable bonds is 2. The Bertz CT molecular complexity index is 227. The molecule has 74 valence electrons. The van der Waals surface area contributed by atoms with E-state index in [1.54, 1.807) is 6.92 Å². The maximum absolute atomic E-state index is 11.5. The monoisotopic (exact) mass is 185 g/mol.